The summed E-state index contributed by atoms with van der Waals surface area (Å²) in [4.78, 5) is 24.2. The van der Waals surface area contributed by atoms with Gasteiger partial charge in [-0.3, -0.25) is 4.79 Å². The molecule has 1 aliphatic carbocycles. The Bertz CT molecular complexity index is 577. The fourth-order valence-electron chi connectivity index (χ4n) is 3.79. The third-order valence-corrected chi connectivity index (χ3v) is 6.23. The van der Waals surface area contributed by atoms with Crippen LogP contribution in [0, 0.1) is 5.92 Å². The highest BCUT2D eigenvalue weighted by molar-refractivity contribution is 14.1. The Morgan fingerprint density at radius 1 is 1.24 bits per heavy atom. The lowest BCUT2D eigenvalue weighted by Crippen LogP contribution is -2.48. The molecule has 1 aliphatic heterocycles. The number of hydrogen-bond acceptors (Lipinski definition) is 4. The monoisotopic (exact) mass is 456 g/mol. The van der Waals surface area contributed by atoms with Crippen LogP contribution in [0.1, 0.15) is 38.5 Å². The van der Waals surface area contributed by atoms with Gasteiger partial charge in [0.25, 0.3) is 0 Å². The smallest absolute Gasteiger partial charge is 0.238 e. The molecular formula is C19H25IN2O3. The molecule has 1 N–H and O–H groups in total. The zero-order valence-corrected chi connectivity index (χ0v) is 16.4. The van der Waals surface area contributed by atoms with Gasteiger partial charge in [-0.05, 0) is 30.9 Å². The first-order chi connectivity index (χ1) is 12.2. The highest BCUT2D eigenvalue weighted by atomic mass is 127. The zero-order valence-electron chi connectivity index (χ0n) is 14.3. The van der Waals surface area contributed by atoms with Crippen molar-refractivity contribution in [3.05, 3.63) is 30.3 Å². The number of para-hydroxylation sites is 1. The van der Waals surface area contributed by atoms with E-state index in [1.165, 1.54) is 6.42 Å². The Labute approximate surface area is 163 Å². The number of nitrogens with zero attached hydrogens (tertiary/aromatic N) is 1. The predicted molar refractivity (Wildman–Crippen MR) is 105 cm³/mol. The molecule has 136 valence electrons. The van der Waals surface area contributed by atoms with Crippen molar-refractivity contribution in [2.45, 2.75) is 56.7 Å². The molecule has 1 aromatic carbocycles. The van der Waals surface area contributed by atoms with E-state index in [-0.39, 0.29) is 30.0 Å². The van der Waals surface area contributed by atoms with Crippen molar-refractivity contribution in [3.8, 4) is 5.75 Å². The van der Waals surface area contributed by atoms with Crippen LogP contribution in [0.5, 0.6) is 5.75 Å². The molecule has 1 aromatic rings. The van der Waals surface area contributed by atoms with E-state index in [1.807, 2.05) is 33.4 Å². The van der Waals surface area contributed by atoms with Gasteiger partial charge in [0.1, 0.15) is 24.2 Å². The van der Waals surface area contributed by atoms with Crippen molar-refractivity contribution in [3.63, 3.8) is 0 Å². The summed E-state index contributed by atoms with van der Waals surface area (Å²) in [6.45, 7) is 0.697. The molecule has 6 heteroatoms. The normalized spacial score (nSPS) is 26.1. The number of carbonyl (C=O) groups is 2. The molecule has 5 nitrogen and oxygen atoms in total. The number of hydrogen-bond donors (Lipinski definition) is 1. The van der Waals surface area contributed by atoms with Crippen molar-refractivity contribution in [1.82, 2.24) is 8.43 Å². The number of ether oxygens (including phenoxy) is 1. The maximum Gasteiger partial charge on any atom is 0.238 e. The number of carbonyl (C=O) groups excluding carboxylic acids is 2. The molecule has 1 amide bonds. The minimum atomic E-state index is -0.355. The van der Waals surface area contributed by atoms with Crippen LogP contribution in [-0.4, -0.2) is 40.0 Å². The maximum atomic E-state index is 12.7. The minimum Gasteiger partial charge on any atom is -0.489 e. The van der Waals surface area contributed by atoms with Gasteiger partial charge in [-0.2, -0.15) is 0 Å². The van der Waals surface area contributed by atoms with Crippen LogP contribution in [-0.2, 0) is 9.59 Å². The van der Waals surface area contributed by atoms with E-state index >= 15 is 0 Å². The summed E-state index contributed by atoms with van der Waals surface area (Å²) < 4.78 is 7.97. The van der Waals surface area contributed by atoms with Crippen molar-refractivity contribution < 1.29 is 14.3 Å². The molecule has 0 aromatic heterocycles. The van der Waals surface area contributed by atoms with Crippen LogP contribution in [0.15, 0.2) is 30.3 Å². The Hall–Kier alpha value is -1.15. The molecule has 25 heavy (non-hydrogen) atoms. The fourth-order valence-corrected chi connectivity index (χ4v) is 4.71. The van der Waals surface area contributed by atoms with E-state index in [1.54, 1.807) is 0 Å². The number of amides is 1. The summed E-state index contributed by atoms with van der Waals surface area (Å²) in [5, 5.41) is 2.98. The van der Waals surface area contributed by atoms with Crippen molar-refractivity contribution in [1.29, 1.82) is 0 Å². The molecular weight excluding hydrogens is 431 g/mol. The SMILES string of the molecule is O=C[C@@H](NC(=O)[C@@H]1C[C@H](Oc2ccccc2)CN1I)C1CCCCC1. The largest absolute Gasteiger partial charge is 0.489 e. The highest BCUT2D eigenvalue weighted by Gasteiger charge is 2.38. The summed E-state index contributed by atoms with van der Waals surface area (Å²) >= 11 is 2.18. The zero-order chi connectivity index (χ0) is 17.6. The molecule has 2 aliphatic rings. The summed E-state index contributed by atoms with van der Waals surface area (Å²) in [6, 6.07) is 9.08. The van der Waals surface area contributed by atoms with E-state index in [2.05, 4.69) is 28.2 Å². The Balaban J connectivity index is 1.55. The van der Waals surface area contributed by atoms with Crippen LogP contribution in [0.2, 0.25) is 0 Å². The quantitative estimate of drug-likeness (QED) is 0.406. The summed E-state index contributed by atoms with van der Waals surface area (Å²) in [7, 11) is 0. The first-order valence-corrected chi connectivity index (χ1v) is 10.0. The molecule has 0 unspecified atom stereocenters. The molecule has 3 rings (SSSR count). The van der Waals surface area contributed by atoms with E-state index in [4.69, 9.17) is 4.74 Å². The minimum absolute atomic E-state index is 0.0144. The standard InChI is InChI=1S/C19H25IN2O3/c20-22-12-16(25-15-9-5-2-6-10-15)11-18(22)19(24)21-17(13-23)14-7-3-1-4-8-14/h2,5-6,9-10,13-14,16-18H,1,3-4,7-8,11-12H2,(H,21,24)/t16-,17+,18-/m0/s1. The topological polar surface area (TPSA) is 58.6 Å². The maximum absolute atomic E-state index is 12.7. The molecule has 1 heterocycles. The van der Waals surface area contributed by atoms with Gasteiger partial charge in [0, 0.05) is 35.8 Å². The summed E-state index contributed by atoms with van der Waals surface area (Å²) in [5.74, 6) is 1.05. The van der Waals surface area contributed by atoms with Gasteiger partial charge in [-0.1, -0.05) is 37.5 Å². The summed E-state index contributed by atoms with van der Waals surface area (Å²) in [5.41, 5.74) is 0. The molecule has 1 saturated heterocycles. The van der Waals surface area contributed by atoms with Crippen LogP contribution >= 0.6 is 22.9 Å². The molecule has 2 fully saturated rings. The number of nitrogens with one attached hydrogen (secondary N) is 1. The van der Waals surface area contributed by atoms with Gasteiger partial charge in [0.15, 0.2) is 0 Å². The first kappa shape index (κ1) is 18.6. The van der Waals surface area contributed by atoms with Gasteiger partial charge in [0.05, 0.1) is 6.04 Å². The van der Waals surface area contributed by atoms with Gasteiger partial charge < -0.3 is 14.8 Å². The van der Waals surface area contributed by atoms with Gasteiger partial charge in [0.2, 0.25) is 5.91 Å². The lowest BCUT2D eigenvalue weighted by Gasteiger charge is -2.28. The van der Waals surface area contributed by atoms with Crippen molar-refractivity contribution in [2.75, 3.05) is 6.54 Å². The average molecular weight is 456 g/mol. The van der Waals surface area contributed by atoms with Crippen LogP contribution < -0.4 is 10.1 Å². The summed E-state index contributed by atoms with van der Waals surface area (Å²) in [6.07, 6.45) is 7.14. The second-order valence-corrected chi connectivity index (χ2v) is 8.19. The van der Waals surface area contributed by atoms with E-state index in [9.17, 15) is 9.59 Å². The van der Waals surface area contributed by atoms with Gasteiger partial charge in [-0.15, -0.1) is 0 Å². The van der Waals surface area contributed by atoms with Crippen molar-refractivity contribution in [2.24, 2.45) is 5.92 Å². The number of benzene rings is 1. The van der Waals surface area contributed by atoms with Crippen molar-refractivity contribution >= 4 is 35.1 Å². The fraction of sp³-hybridized carbons (Fsp3) is 0.579. The van der Waals surface area contributed by atoms with Crippen LogP contribution in [0.25, 0.3) is 0 Å². The molecule has 0 spiro atoms. The second-order valence-electron chi connectivity index (χ2n) is 6.96. The molecule has 1 saturated carbocycles. The lowest BCUT2D eigenvalue weighted by molar-refractivity contribution is -0.127. The Kier molecular flexibility index (Phi) is 6.70. The third-order valence-electron chi connectivity index (χ3n) is 5.16. The Morgan fingerprint density at radius 3 is 2.64 bits per heavy atom. The number of aldehydes is 1. The second kappa shape index (κ2) is 8.98. The van der Waals surface area contributed by atoms with E-state index in [0.29, 0.717) is 13.0 Å². The molecule has 0 radical (unpaired) electrons. The van der Waals surface area contributed by atoms with Gasteiger partial charge >= 0.3 is 0 Å². The lowest BCUT2D eigenvalue weighted by atomic mass is 9.84. The highest BCUT2D eigenvalue weighted by Crippen LogP contribution is 2.28. The average Bonchev–Trinajstić information content (AvgIpc) is 3.01. The predicted octanol–water partition coefficient (Wildman–Crippen LogP) is 3.12. The van der Waals surface area contributed by atoms with Gasteiger partial charge in [-0.25, -0.2) is 3.11 Å². The number of rotatable bonds is 6. The molecule has 0 bridgehead atoms. The van der Waals surface area contributed by atoms with Crippen LogP contribution in [0.4, 0.5) is 0 Å². The first-order valence-electron chi connectivity index (χ1n) is 9.07. The van der Waals surface area contributed by atoms with E-state index in [0.717, 1.165) is 37.7 Å². The molecule has 3 atom stereocenters. The van der Waals surface area contributed by atoms with E-state index < -0.39 is 0 Å². The van der Waals surface area contributed by atoms with Crippen LogP contribution in [0.3, 0.4) is 0 Å². The third kappa shape index (κ3) is 4.94. The number of halogens is 1. The Morgan fingerprint density at radius 2 is 1.96 bits per heavy atom.